The predicted molar refractivity (Wildman–Crippen MR) is 145 cm³/mol. The van der Waals surface area contributed by atoms with Gasteiger partial charge in [0.25, 0.3) is 11.8 Å². The molecule has 0 radical (unpaired) electrons. The lowest BCUT2D eigenvalue weighted by Gasteiger charge is -2.26. The Balaban J connectivity index is 1.50. The second-order valence-electron chi connectivity index (χ2n) is 8.59. The van der Waals surface area contributed by atoms with Crippen molar-refractivity contribution >= 4 is 41.2 Å². The highest BCUT2D eigenvalue weighted by Crippen LogP contribution is 2.30. The summed E-state index contributed by atoms with van der Waals surface area (Å²) in [5, 5.41) is 2.66. The van der Waals surface area contributed by atoms with Crippen molar-refractivity contribution in [2.75, 3.05) is 24.7 Å². The van der Waals surface area contributed by atoms with Crippen LogP contribution in [0.5, 0.6) is 17.2 Å². The van der Waals surface area contributed by atoms with Crippen LogP contribution in [-0.4, -0.2) is 37.7 Å². The third-order valence-corrected chi connectivity index (χ3v) is 5.82. The number of hydrogen-bond acceptors (Lipinski definition) is 6. The Morgan fingerprint density at radius 2 is 1.53 bits per heavy atom. The van der Waals surface area contributed by atoms with Crippen molar-refractivity contribution in [3.8, 4) is 17.2 Å². The lowest BCUT2D eigenvalue weighted by atomic mass is 10.1. The van der Waals surface area contributed by atoms with Gasteiger partial charge in [-0.3, -0.25) is 14.9 Å². The first-order chi connectivity index (χ1) is 18.2. The molecule has 1 N–H and O–H groups in total. The Hall–Kier alpha value is -4.30. The number of benzene rings is 3. The van der Waals surface area contributed by atoms with Crippen LogP contribution in [0.25, 0.3) is 6.08 Å². The van der Waals surface area contributed by atoms with Gasteiger partial charge in [0.1, 0.15) is 24.5 Å². The molecular weight excluding hydrogens is 508 g/mol. The summed E-state index contributed by atoms with van der Waals surface area (Å²) in [6.45, 7) is 6.87. The van der Waals surface area contributed by atoms with E-state index in [1.54, 1.807) is 30.3 Å². The van der Waals surface area contributed by atoms with Gasteiger partial charge in [-0.1, -0.05) is 23.7 Å². The first kappa shape index (κ1) is 26.8. The second kappa shape index (κ2) is 11.8. The average molecular weight is 535 g/mol. The summed E-state index contributed by atoms with van der Waals surface area (Å²) in [6, 6.07) is 16.4. The number of nitrogens with one attached hydrogen (secondary N) is 1. The number of ether oxygens (including phenoxy) is 3. The zero-order chi connectivity index (χ0) is 27.2. The maximum absolute atomic E-state index is 13.1. The SMILES string of the molecule is CCOc1cc(/C=C2/C(=O)NC(=O)N(c3ccc(Cl)cc3)C2=O)ccc1OCCOc1cc(C)cc(C)c1. The van der Waals surface area contributed by atoms with Crippen molar-refractivity contribution in [1.29, 1.82) is 0 Å². The second-order valence-corrected chi connectivity index (χ2v) is 9.03. The fourth-order valence-corrected chi connectivity index (χ4v) is 4.10. The topological polar surface area (TPSA) is 94.2 Å². The highest BCUT2D eigenvalue weighted by molar-refractivity contribution is 6.39. The van der Waals surface area contributed by atoms with Gasteiger partial charge in [0.15, 0.2) is 11.5 Å². The highest BCUT2D eigenvalue weighted by Gasteiger charge is 2.36. The predicted octanol–water partition coefficient (Wildman–Crippen LogP) is 5.48. The first-order valence-electron chi connectivity index (χ1n) is 12.0. The molecule has 0 aromatic heterocycles. The van der Waals surface area contributed by atoms with Crippen molar-refractivity contribution in [2.24, 2.45) is 0 Å². The van der Waals surface area contributed by atoms with Gasteiger partial charge in [0.05, 0.1) is 12.3 Å². The van der Waals surface area contributed by atoms with Crippen molar-refractivity contribution in [3.63, 3.8) is 0 Å². The summed E-state index contributed by atoms with van der Waals surface area (Å²) in [5.41, 5.74) is 2.86. The number of hydrogen-bond donors (Lipinski definition) is 1. The molecule has 1 saturated heterocycles. The van der Waals surface area contributed by atoms with Gasteiger partial charge in [0.2, 0.25) is 0 Å². The van der Waals surface area contributed by atoms with Crippen LogP contribution in [0.15, 0.2) is 66.2 Å². The smallest absolute Gasteiger partial charge is 0.335 e. The van der Waals surface area contributed by atoms with Crippen molar-refractivity contribution < 1.29 is 28.6 Å². The number of rotatable bonds is 9. The van der Waals surface area contributed by atoms with Crippen molar-refractivity contribution in [2.45, 2.75) is 20.8 Å². The molecule has 1 aliphatic rings. The number of aryl methyl sites for hydroxylation is 2. The average Bonchev–Trinajstić information content (AvgIpc) is 2.86. The lowest BCUT2D eigenvalue weighted by molar-refractivity contribution is -0.122. The monoisotopic (exact) mass is 534 g/mol. The normalized spacial score (nSPS) is 14.5. The molecule has 1 aliphatic heterocycles. The molecule has 0 unspecified atom stereocenters. The summed E-state index contributed by atoms with van der Waals surface area (Å²) >= 11 is 5.92. The Morgan fingerprint density at radius 3 is 2.21 bits per heavy atom. The largest absolute Gasteiger partial charge is 0.490 e. The molecule has 3 aromatic carbocycles. The molecule has 38 heavy (non-hydrogen) atoms. The van der Waals surface area contributed by atoms with Gasteiger partial charge in [0, 0.05) is 5.02 Å². The molecule has 0 bridgehead atoms. The van der Waals surface area contributed by atoms with Crippen LogP contribution in [0, 0.1) is 13.8 Å². The fraction of sp³-hybridized carbons (Fsp3) is 0.207. The van der Waals surface area contributed by atoms with Crippen LogP contribution in [0.1, 0.15) is 23.6 Å². The van der Waals surface area contributed by atoms with Crippen molar-refractivity contribution in [3.05, 3.63) is 87.9 Å². The van der Waals surface area contributed by atoms with E-state index >= 15 is 0 Å². The summed E-state index contributed by atoms with van der Waals surface area (Å²) < 4.78 is 17.4. The third kappa shape index (κ3) is 6.33. The number of barbiturate groups is 1. The van der Waals surface area contributed by atoms with Gasteiger partial charge in [-0.25, -0.2) is 9.69 Å². The van der Waals surface area contributed by atoms with E-state index in [-0.39, 0.29) is 17.9 Å². The molecule has 0 atom stereocenters. The van der Waals surface area contributed by atoms with Crippen LogP contribution in [0.2, 0.25) is 5.02 Å². The van der Waals surface area contributed by atoms with Gasteiger partial charge >= 0.3 is 6.03 Å². The zero-order valence-electron chi connectivity index (χ0n) is 21.2. The van der Waals surface area contributed by atoms with Gasteiger partial charge in [-0.2, -0.15) is 0 Å². The number of carbonyl (C=O) groups is 3. The number of amides is 4. The highest BCUT2D eigenvalue weighted by atomic mass is 35.5. The first-order valence-corrected chi connectivity index (χ1v) is 12.4. The quantitative estimate of drug-likeness (QED) is 0.222. The molecular formula is C29H27ClN2O6. The summed E-state index contributed by atoms with van der Waals surface area (Å²) in [5.74, 6) is 0.188. The van der Waals surface area contributed by atoms with Gasteiger partial charge in [-0.15, -0.1) is 0 Å². The maximum Gasteiger partial charge on any atom is 0.335 e. The molecule has 9 heteroatoms. The Morgan fingerprint density at radius 1 is 0.842 bits per heavy atom. The summed E-state index contributed by atoms with van der Waals surface area (Å²) in [7, 11) is 0. The third-order valence-electron chi connectivity index (χ3n) is 5.57. The number of urea groups is 1. The molecule has 4 rings (SSSR count). The minimum Gasteiger partial charge on any atom is -0.490 e. The standard InChI is InChI=1S/C29H27ClN2O6/c1-4-36-26-17-20(5-10-25(26)38-12-11-37-23-14-18(2)13-19(3)15-23)16-24-27(33)31-29(35)32(28(24)34)22-8-6-21(30)7-9-22/h5-10,13-17H,4,11-12H2,1-3H3,(H,31,33,35)/b24-16-. The molecule has 1 heterocycles. The number of imide groups is 2. The molecule has 0 saturated carbocycles. The lowest BCUT2D eigenvalue weighted by Crippen LogP contribution is -2.54. The summed E-state index contributed by atoms with van der Waals surface area (Å²) in [6.07, 6.45) is 1.41. The van der Waals surface area contributed by atoms with Crippen LogP contribution >= 0.6 is 11.6 Å². The van der Waals surface area contributed by atoms with E-state index in [2.05, 4.69) is 11.4 Å². The van der Waals surface area contributed by atoms with Crippen LogP contribution in [-0.2, 0) is 9.59 Å². The Labute approximate surface area is 225 Å². The van der Waals surface area contributed by atoms with E-state index in [1.807, 2.05) is 32.9 Å². The molecule has 196 valence electrons. The Kier molecular flexibility index (Phi) is 8.33. The van der Waals surface area contributed by atoms with Crippen molar-refractivity contribution in [1.82, 2.24) is 5.32 Å². The molecule has 3 aromatic rings. The summed E-state index contributed by atoms with van der Waals surface area (Å²) in [4.78, 5) is 38.9. The fourth-order valence-electron chi connectivity index (χ4n) is 3.98. The van der Waals surface area contributed by atoms with E-state index in [0.717, 1.165) is 21.8 Å². The number of anilines is 1. The van der Waals surface area contributed by atoms with E-state index in [0.29, 0.717) is 35.3 Å². The molecule has 4 amide bonds. The molecule has 0 aliphatic carbocycles. The number of carbonyl (C=O) groups excluding carboxylic acids is 3. The minimum absolute atomic E-state index is 0.197. The van der Waals surface area contributed by atoms with Crippen LogP contribution in [0.3, 0.4) is 0 Å². The van der Waals surface area contributed by atoms with Gasteiger partial charge in [-0.05, 0) is 92.1 Å². The van der Waals surface area contributed by atoms with Crippen LogP contribution in [0.4, 0.5) is 10.5 Å². The van der Waals surface area contributed by atoms with E-state index < -0.39 is 17.8 Å². The Bertz CT molecular complexity index is 1380. The minimum atomic E-state index is -0.832. The zero-order valence-corrected chi connectivity index (χ0v) is 22.0. The van der Waals surface area contributed by atoms with Gasteiger partial charge < -0.3 is 14.2 Å². The molecule has 1 fully saturated rings. The molecule has 0 spiro atoms. The van der Waals surface area contributed by atoms with E-state index in [1.165, 1.54) is 18.2 Å². The van der Waals surface area contributed by atoms with E-state index in [9.17, 15) is 14.4 Å². The number of nitrogens with zero attached hydrogens (tertiary/aromatic N) is 1. The van der Waals surface area contributed by atoms with E-state index in [4.69, 9.17) is 25.8 Å². The maximum atomic E-state index is 13.1. The number of halogens is 1. The molecule has 8 nitrogen and oxygen atoms in total. The van der Waals surface area contributed by atoms with Crippen LogP contribution < -0.4 is 24.4 Å².